The molecule has 1 rings (SSSR count). The van der Waals surface area contributed by atoms with Crippen molar-refractivity contribution in [2.24, 2.45) is 0 Å². The molecular formula is C9H15NO4. The number of nitrogens with one attached hydrogen (secondary N) is 1. The minimum atomic E-state index is -0.592. The van der Waals surface area contributed by atoms with Crippen LogP contribution in [0.1, 0.15) is 27.7 Å². The van der Waals surface area contributed by atoms with E-state index in [9.17, 15) is 9.59 Å². The molecule has 1 heterocycles. The molecule has 5 heteroatoms. The minimum absolute atomic E-state index is 0.269. The van der Waals surface area contributed by atoms with E-state index in [2.05, 4.69) is 10.1 Å². The van der Waals surface area contributed by atoms with Crippen molar-refractivity contribution in [3.05, 3.63) is 0 Å². The van der Waals surface area contributed by atoms with Gasteiger partial charge in [0.1, 0.15) is 11.7 Å². The van der Waals surface area contributed by atoms with Crippen LogP contribution in [0.5, 0.6) is 0 Å². The molecule has 1 N–H and O–H groups in total. The van der Waals surface area contributed by atoms with E-state index in [0.29, 0.717) is 0 Å². The number of hydrogen-bond donors (Lipinski definition) is 1. The monoisotopic (exact) mass is 201 g/mol. The van der Waals surface area contributed by atoms with Crippen LogP contribution in [0.25, 0.3) is 0 Å². The van der Waals surface area contributed by atoms with Crippen LogP contribution in [0.2, 0.25) is 0 Å². The number of rotatable bonds is 1. The van der Waals surface area contributed by atoms with Crippen molar-refractivity contribution in [3.8, 4) is 0 Å². The van der Waals surface area contributed by atoms with Crippen LogP contribution < -0.4 is 5.32 Å². The zero-order chi connectivity index (χ0) is 10.9. The number of hydrogen-bond acceptors (Lipinski definition) is 4. The Balaban J connectivity index is 2.38. The van der Waals surface area contributed by atoms with E-state index in [1.165, 1.54) is 0 Å². The first-order valence-electron chi connectivity index (χ1n) is 4.49. The average molecular weight is 201 g/mol. The quantitative estimate of drug-likeness (QED) is 0.638. The van der Waals surface area contributed by atoms with E-state index in [0.717, 1.165) is 0 Å². The highest BCUT2D eigenvalue weighted by molar-refractivity contribution is 5.86. The first-order valence-corrected chi connectivity index (χ1v) is 4.49. The van der Waals surface area contributed by atoms with E-state index in [1.807, 2.05) is 0 Å². The molecule has 0 aromatic rings. The molecule has 5 nitrogen and oxygen atoms in total. The molecule has 0 unspecified atom stereocenters. The average Bonchev–Trinajstić information content (AvgIpc) is 1.98. The number of amides is 1. The Kier molecular flexibility index (Phi) is 2.69. The lowest BCUT2D eigenvalue weighted by Crippen LogP contribution is -2.59. The summed E-state index contributed by atoms with van der Waals surface area (Å²) in [4.78, 5) is 22.1. The van der Waals surface area contributed by atoms with Crippen molar-refractivity contribution < 1.29 is 19.1 Å². The summed E-state index contributed by atoms with van der Waals surface area (Å²) >= 11 is 0. The maximum atomic E-state index is 11.2. The highest BCUT2D eigenvalue weighted by Gasteiger charge is 2.41. The summed E-state index contributed by atoms with van der Waals surface area (Å²) < 4.78 is 9.66. The predicted octanol–water partition coefficient (Wildman–Crippen LogP) is 0.825. The number of esters is 1. The van der Waals surface area contributed by atoms with Crippen LogP contribution in [-0.2, 0) is 14.3 Å². The predicted molar refractivity (Wildman–Crippen MR) is 48.7 cm³/mol. The van der Waals surface area contributed by atoms with Crippen LogP contribution >= 0.6 is 0 Å². The molecule has 1 saturated heterocycles. The maximum absolute atomic E-state index is 11.2. The third kappa shape index (κ3) is 2.61. The summed E-state index contributed by atoms with van der Waals surface area (Å²) in [6, 6.07) is -0.565. The molecule has 14 heavy (non-hydrogen) atoms. The third-order valence-electron chi connectivity index (χ3n) is 1.70. The normalized spacial score (nSPS) is 26.1. The van der Waals surface area contributed by atoms with Crippen LogP contribution in [0.15, 0.2) is 0 Å². The molecule has 0 aliphatic carbocycles. The maximum Gasteiger partial charge on any atom is 0.408 e. The van der Waals surface area contributed by atoms with Gasteiger partial charge in [-0.15, -0.1) is 0 Å². The number of carbonyl (C=O) groups excluding carboxylic acids is 2. The van der Waals surface area contributed by atoms with E-state index < -0.39 is 23.7 Å². The lowest BCUT2D eigenvalue weighted by atomic mass is 10.1. The third-order valence-corrected chi connectivity index (χ3v) is 1.70. The van der Waals surface area contributed by atoms with Crippen molar-refractivity contribution in [2.45, 2.75) is 45.4 Å². The fourth-order valence-corrected chi connectivity index (χ4v) is 1.05. The standard InChI is InChI=1S/C9H15NO4/c1-5-6(7(11)13-5)10-8(12)14-9(2,3)4/h5-6H,1-4H3,(H,10,12)/t5-,6-/m1/s1. The van der Waals surface area contributed by atoms with Gasteiger partial charge in [-0.3, -0.25) is 0 Å². The Morgan fingerprint density at radius 3 is 2.43 bits per heavy atom. The van der Waals surface area contributed by atoms with Gasteiger partial charge in [-0.2, -0.15) is 0 Å². The Bertz CT molecular complexity index is 256. The topological polar surface area (TPSA) is 64.6 Å². The van der Waals surface area contributed by atoms with Crippen LogP contribution in [-0.4, -0.2) is 29.8 Å². The van der Waals surface area contributed by atoms with Crippen LogP contribution in [0.4, 0.5) is 4.79 Å². The molecule has 0 spiro atoms. The Hall–Kier alpha value is -1.26. The molecular weight excluding hydrogens is 186 g/mol. The molecule has 1 amide bonds. The van der Waals surface area contributed by atoms with Crippen molar-refractivity contribution in [1.82, 2.24) is 5.32 Å². The van der Waals surface area contributed by atoms with Crippen LogP contribution in [0, 0.1) is 0 Å². The molecule has 80 valence electrons. The zero-order valence-electron chi connectivity index (χ0n) is 8.79. The lowest BCUT2D eigenvalue weighted by Gasteiger charge is -2.33. The summed E-state index contributed by atoms with van der Waals surface area (Å²) in [7, 11) is 0. The van der Waals surface area contributed by atoms with E-state index >= 15 is 0 Å². The first kappa shape index (κ1) is 10.8. The second-order valence-corrected chi connectivity index (χ2v) is 4.27. The van der Waals surface area contributed by atoms with Crippen LogP contribution in [0.3, 0.4) is 0 Å². The number of ether oxygens (including phenoxy) is 2. The molecule has 1 fully saturated rings. The van der Waals surface area contributed by atoms with Crippen molar-refractivity contribution in [1.29, 1.82) is 0 Å². The highest BCUT2D eigenvalue weighted by Crippen LogP contribution is 2.14. The fraction of sp³-hybridized carbons (Fsp3) is 0.778. The fourth-order valence-electron chi connectivity index (χ4n) is 1.05. The number of alkyl carbamates (subject to hydrolysis) is 1. The van der Waals surface area contributed by atoms with Gasteiger partial charge < -0.3 is 14.8 Å². The second kappa shape index (κ2) is 3.48. The summed E-state index contributed by atoms with van der Waals surface area (Å²) in [5.74, 6) is -0.414. The van der Waals surface area contributed by atoms with E-state index in [-0.39, 0.29) is 6.10 Å². The smallest absolute Gasteiger partial charge is 0.408 e. The molecule has 0 saturated carbocycles. The van der Waals surface area contributed by atoms with Gasteiger partial charge in [0.25, 0.3) is 0 Å². The molecule has 2 atom stereocenters. The van der Waals surface area contributed by atoms with Gasteiger partial charge in [-0.25, -0.2) is 9.59 Å². The van der Waals surface area contributed by atoms with Gasteiger partial charge in [0.15, 0.2) is 6.04 Å². The van der Waals surface area contributed by atoms with Crippen molar-refractivity contribution >= 4 is 12.1 Å². The summed E-state index contributed by atoms with van der Waals surface area (Å²) in [5.41, 5.74) is -0.555. The van der Waals surface area contributed by atoms with Gasteiger partial charge in [0.05, 0.1) is 0 Å². The second-order valence-electron chi connectivity index (χ2n) is 4.27. The van der Waals surface area contributed by atoms with Gasteiger partial charge in [-0.1, -0.05) is 0 Å². The summed E-state index contributed by atoms with van der Waals surface area (Å²) in [6.07, 6.45) is -0.860. The number of carbonyl (C=O) groups is 2. The molecule has 0 aromatic carbocycles. The Morgan fingerprint density at radius 1 is 1.50 bits per heavy atom. The largest absolute Gasteiger partial charge is 0.458 e. The Labute approximate surface area is 82.8 Å². The molecule has 1 aliphatic heterocycles. The van der Waals surface area contributed by atoms with Gasteiger partial charge in [0, 0.05) is 0 Å². The summed E-state index contributed by atoms with van der Waals surface area (Å²) in [5, 5.41) is 2.44. The zero-order valence-corrected chi connectivity index (χ0v) is 8.79. The van der Waals surface area contributed by atoms with E-state index in [1.54, 1.807) is 27.7 Å². The molecule has 1 aliphatic rings. The van der Waals surface area contributed by atoms with Gasteiger partial charge in [0.2, 0.25) is 0 Å². The van der Waals surface area contributed by atoms with Crippen molar-refractivity contribution in [2.75, 3.05) is 0 Å². The SMILES string of the molecule is C[C@H]1OC(=O)[C@@H]1NC(=O)OC(C)(C)C. The van der Waals surface area contributed by atoms with E-state index in [4.69, 9.17) is 4.74 Å². The number of cyclic esters (lactones) is 1. The molecule has 0 aromatic heterocycles. The first-order chi connectivity index (χ1) is 6.29. The molecule has 0 radical (unpaired) electrons. The highest BCUT2D eigenvalue weighted by atomic mass is 16.6. The minimum Gasteiger partial charge on any atom is -0.458 e. The summed E-state index contributed by atoms with van der Waals surface area (Å²) in [6.45, 7) is 6.99. The van der Waals surface area contributed by atoms with Crippen molar-refractivity contribution in [3.63, 3.8) is 0 Å². The van der Waals surface area contributed by atoms with Gasteiger partial charge in [-0.05, 0) is 27.7 Å². The van der Waals surface area contributed by atoms with Gasteiger partial charge >= 0.3 is 12.1 Å². The lowest BCUT2D eigenvalue weighted by molar-refractivity contribution is -0.174. The molecule has 0 bridgehead atoms. The Morgan fingerprint density at radius 2 is 2.07 bits per heavy atom.